The molecule has 20 heavy (non-hydrogen) atoms. The Labute approximate surface area is 119 Å². The molecule has 104 valence electrons. The van der Waals surface area contributed by atoms with Crippen molar-refractivity contribution >= 4 is 5.95 Å². The SMILES string of the molecule is c1ccc(-c2cnc(NCCN3CCCC3)nc2)nc1. The summed E-state index contributed by atoms with van der Waals surface area (Å²) in [4.78, 5) is 15.4. The van der Waals surface area contributed by atoms with Gasteiger partial charge in [0.05, 0.1) is 5.69 Å². The number of aromatic nitrogens is 3. The van der Waals surface area contributed by atoms with Gasteiger partial charge in [0, 0.05) is 37.2 Å². The van der Waals surface area contributed by atoms with Crippen molar-refractivity contribution in [2.24, 2.45) is 0 Å². The van der Waals surface area contributed by atoms with E-state index in [1.165, 1.54) is 25.9 Å². The van der Waals surface area contributed by atoms with Gasteiger partial charge in [-0.05, 0) is 38.1 Å². The van der Waals surface area contributed by atoms with Crippen LogP contribution in [-0.2, 0) is 0 Å². The highest BCUT2D eigenvalue weighted by molar-refractivity contribution is 5.56. The third-order valence-electron chi connectivity index (χ3n) is 3.52. The van der Waals surface area contributed by atoms with Crippen LogP contribution in [0, 0.1) is 0 Å². The maximum atomic E-state index is 4.34. The van der Waals surface area contributed by atoms with Gasteiger partial charge < -0.3 is 10.2 Å². The molecule has 0 aliphatic carbocycles. The van der Waals surface area contributed by atoms with Crippen molar-refractivity contribution in [3.05, 3.63) is 36.8 Å². The number of nitrogens with zero attached hydrogens (tertiary/aromatic N) is 4. The van der Waals surface area contributed by atoms with Crippen molar-refractivity contribution in [1.29, 1.82) is 0 Å². The molecule has 5 heteroatoms. The molecule has 0 aromatic carbocycles. The number of rotatable bonds is 5. The molecule has 3 heterocycles. The van der Waals surface area contributed by atoms with Gasteiger partial charge in [-0.1, -0.05) is 6.07 Å². The Morgan fingerprint density at radius 1 is 1.05 bits per heavy atom. The largest absolute Gasteiger partial charge is 0.353 e. The molecule has 0 amide bonds. The van der Waals surface area contributed by atoms with Gasteiger partial charge >= 0.3 is 0 Å². The van der Waals surface area contributed by atoms with Crippen LogP contribution in [0.2, 0.25) is 0 Å². The molecule has 5 nitrogen and oxygen atoms in total. The van der Waals surface area contributed by atoms with Crippen LogP contribution in [0.1, 0.15) is 12.8 Å². The molecule has 2 aromatic rings. The minimum Gasteiger partial charge on any atom is -0.353 e. The summed E-state index contributed by atoms with van der Waals surface area (Å²) in [5.41, 5.74) is 1.84. The van der Waals surface area contributed by atoms with Crippen LogP contribution in [0.15, 0.2) is 36.8 Å². The van der Waals surface area contributed by atoms with E-state index < -0.39 is 0 Å². The predicted octanol–water partition coefficient (Wildman–Crippen LogP) is 2.05. The summed E-state index contributed by atoms with van der Waals surface area (Å²) in [6.45, 7) is 4.40. The Bertz CT molecular complexity index is 520. The highest BCUT2D eigenvalue weighted by Gasteiger charge is 2.10. The van der Waals surface area contributed by atoms with E-state index in [9.17, 15) is 0 Å². The molecule has 0 saturated carbocycles. The third-order valence-corrected chi connectivity index (χ3v) is 3.52. The van der Waals surface area contributed by atoms with E-state index in [4.69, 9.17) is 0 Å². The molecule has 0 unspecified atom stereocenters. The number of anilines is 1. The zero-order valence-corrected chi connectivity index (χ0v) is 11.5. The van der Waals surface area contributed by atoms with Crippen molar-refractivity contribution in [2.45, 2.75) is 12.8 Å². The van der Waals surface area contributed by atoms with Gasteiger partial charge in [0.2, 0.25) is 5.95 Å². The predicted molar refractivity (Wildman–Crippen MR) is 79.4 cm³/mol. The average molecular weight is 269 g/mol. The van der Waals surface area contributed by atoms with Crippen LogP contribution in [0.3, 0.4) is 0 Å². The summed E-state index contributed by atoms with van der Waals surface area (Å²) >= 11 is 0. The summed E-state index contributed by atoms with van der Waals surface area (Å²) in [6.07, 6.45) is 8.06. The lowest BCUT2D eigenvalue weighted by Crippen LogP contribution is -2.26. The zero-order chi connectivity index (χ0) is 13.6. The van der Waals surface area contributed by atoms with E-state index in [0.717, 1.165) is 24.3 Å². The highest BCUT2D eigenvalue weighted by Crippen LogP contribution is 2.14. The summed E-state index contributed by atoms with van der Waals surface area (Å²) in [5.74, 6) is 0.684. The first-order valence-corrected chi connectivity index (χ1v) is 7.11. The minimum atomic E-state index is 0.684. The molecular weight excluding hydrogens is 250 g/mol. The van der Waals surface area contributed by atoms with Gasteiger partial charge in [-0.3, -0.25) is 4.98 Å². The molecule has 1 fully saturated rings. The van der Waals surface area contributed by atoms with Crippen molar-refractivity contribution in [3.8, 4) is 11.3 Å². The van der Waals surface area contributed by atoms with Crippen molar-refractivity contribution in [1.82, 2.24) is 19.9 Å². The van der Waals surface area contributed by atoms with E-state index in [0.29, 0.717) is 5.95 Å². The van der Waals surface area contributed by atoms with Gasteiger partial charge in [0.15, 0.2) is 0 Å². The second-order valence-electron chi connectivity index (χ2n) is 4.99. The third kappa shape index (κ3) is 3.30. The molecule has 3 rings (SSSR count). The molecule has 1 saturated heterocycles. The molecule has 0 atom stereocenters. The van der Waals surface area contributed by atoms with Crippen molar-refractivity contribution in [3.63, 3.8) is 0 Å². The van der Waals surface area contributed by atoms with Gasteiger partial charge in [-0.25, -0.2) is 9.97 Å². The van der Waals surface area contributed by atoms with Crippen LogP contribution < -0.4 is 5.32 Å². The Morgan fingerprint density at radius 2 is 1.85 bits per heavy atom. The molecule has 1 aliphatic rings. The number of likely N-dealkylation sites (tertiary alicyclic amines) is 1. The number of hydrogen-bond donors (Lipinski definition) is 1. The lowest BCUT2D eigenvalue weighted by Gasteiger charge is -2.14. The quantitative estimate of drug-likeness (QED) is 0.900. The monoisotopic (exact) mass is 269 g/mol. The molecule has 0 bridgehead atoms. The normalized spacial score (nSPS) is 15.4. The van der Waals surface area contributed by atoms with E-state index in [1.807, 2.05) is 30.6 Å². The maximum absolute atomic E-state index is 4.34. The Hall–Kier alpha value is -2.01. The van der Waals surface area contributed by atoms with E-state index in [2.05, 4.69) is 25.2 Å². The summed E-state index contributed by atoms with van der Waals surface area (Å²) in [5, 5.41) is 3.27. The van der Waals surface area contributed by atoms with Crippen LogP contribution in [0.4, 0.5) is 5.95 Å². The Balaban J connectivity index is 1.53. The van der Waals surface area contributed by atoms with Gasteiger partial charge in [0.1, 0.15) is 0 Å². The minimum absolute atomic E-state index is 0.684. The summed E-state index contributed by atoms with van der Waals surface area (Å²) < 4.78 is 0. The number of pyridine rings is 1. The first-order valence-electron chi connectivity index (χ1n) is 7.11. The smallest absolute Gasteiger partial charge is 0.222 e. The Morgan fingerprint density at radius 3 is 2.55 bits per heavy atom. The molecule has 0 radical (unpaired) electrons. The van der Waals surface area contributed by atoms with E-state index in [1.54, 1.807) is 6.20 Å². The van der Waals surface area contributed by atoms with Crippen molar-refractivity contribution < 1.29 is 0 Å². The van der Waals surface area contributed by atoms with Crippen LogP contribution in [0.5, 0.6) is 0 Å². The summed E-state index contributed by atoms with van der Waals surface area (Å²) in [6, 6.07) is 5.82. The topological polar surface area (TPSA) is 53.9 Å². The maximum Gasteiger partial charge on any atom is 0.222 e. The highest BCUT2D eigenvalue weighted by atomic mass is 15.2. The van der Waals surface area contributed by atoms with Crippen LogP contribution >= 0.6 is 0 Å². The van der Waals surface area contributed by atoms with Crippen molar-refractivity contribution in [2.75, 3.05) is 31.5 Å². The second-order valence-corrected chi connectivity index (χ2v) is 4.99. The summed E-state index contributed by atoms with van der Waals surface area (Å²) in [7, 11) is 0. The lowest BCUT2D eigenvalue weighted by atomic mass is 10.2. The standard InChI is InChI=1S/C15H19N5/c1-2-6-16-14(5-1)13-11-18-15(19-12-13)17-7-10-20-8-3-4-9-20/h1-2,5-6,11-12H,3-4,7-10H2,(H,17,18,19). The zero-order valence-electron chi connectivity index (χ0n) is 11.5. The van der Waals surface area contributed by atoms with Gasteiger partial charge in [0.25, 0.3) is 0 Å². The van der Waals surface area contributed by atoms with E-state index in [-0.39, 0.29) is 0 Å². The Kier molecular flexibility index (Phi) is 4.18. The van der Waals surface area contributed by atoms with Crippen LogP contribution in [0.25, 0.3) is 11.3 Å². The number of hydrogen-bond acceptors (Lipinski definition) is 5. The fraction of sp³-hybridized carbons (Fsp3) is 0.400. The van der Waals surface area contributed by atoms with Gasteiger partial charge in [-0.2, -0.15) is 0 Å². The molecule has 1 aliphatic heterocycles. The molecule has 0 spiro atoms. The number of nitrogens with one attached hydrogen (secondary N) is 1. The molecular formula is C15H19N5. The van der Waals surface area contributed by atoms with Gasteiger partial charge in [-0.15, -0.1) is 0 Å². The lowest BCUT2D eigenvalue weighted by molar-refractivity contribution is 0.352. The second kappa shape index (κ2) is 6.43. The molecule has 2 aromatic heterocycles. The fourth-order valence-electron chi connectivity index (χ4n) is 2.42. The first kappa shape index (κ1) is 13.0. The molecule has 1 N–H and O–H groups in total. The van der Waals surface area contributed by atoms with Crippen LogP contribution in [-0.4, -0.2) is 46.0 Å². The fourth-order valence-corrected chi connectivity index (χ4v) is 2.42. The average Bonchev–Trinajstić information content (AvgIpc) is 3.02. The van der Waals surface area contributed by atoms with E-state index >= 15 is 0 Å². The first-order chi connectivity index (χ1) is 9.92.